The van der Waals surface area contributed by atoms with Crippen LogP contribution in [0.15, 0.2) is 18.2 Å². The zero-order valence-corrected chi connectivity index (χ0v) is 15.7. The molecule has 4 fully saturated rings. The minimum atomic E-state index is -0.688. The number of hydrogen-bond donors (Lipinski definition) is 2. The molecule has 1 aromatic carbocycles. The molecule has 0 atom stereocenters. The molecule has 148 valence electrons. The van der Waals surface area contributed by atoms with E-state index in [2.05, 4.69) is 10.6 Å². The molecular weight excluding hydrogens is 378 g/mol. The summed E-state index contributed by atoms with van der Waals surface area (Å²) in [7, 11) is 0. The van der Waals surface area contributed by atoms with Gasteiger partial charge < -0.3 is 20.1 Å². The van der Waals surface area contributed by atoms with E-state index in [1.807, 2.05) is 0 Å². The molecule has 2 N–H and O–H groups in total. The maximum Gasteiger partial charge on any atom is 0.258 e. The van der Waals surface area contributed by atoms with Gasteiger partial charge in [-0.05, 0) is 31.4 Å². The van der Waals surface area contributed by atoms with Crippen molar-refractivity contribution in [2.75, 3.05) is 19.8 Å². The lowest BCUT2D eigenvalue weighted by Crippen LogP contribution is -2.83. The molecular formula is C19H23ClF2N2O3. The SMILES string of the molecule is O=C(COc1ccc(Cl)c(F)c1)NC12CC(NCCOC3CC(F)C3)(C1)C2. The van der Waals surface area contributed by atoms with Crippen molar-refractivity contribution in [3.8, 4) is 5.75 Å². The second kappa shape index (κ2) is 7.18. The summed E-state index contributed by atoms with van der Waals surface area (Å²) < 4.78 is 37.0. The summed E-state index contributed by atoms with van der Waals surface area (Å²) in [5, 5.41) is 6.52. The molecule has 2 bridgehead atoms. The number of alkyl halides is 1. The number of carbonyl (C=O) groups is 1. The highest BCUT2D eigenvalue weighted by molar-refractivity contribution is 6.30. The Bertz CT molecular complexity index is 707. The van der Waals surface area contributed by atoms with Crippen LogP contribution in [0.1, 0.15) is 32.1 Å². The smallest absolute Gasteiger partial charge is 0.258 e. The van der Waals surface area contributed by atoms with Gasteiger partial charge in [-0.15, -0.1) is 0 Å². The van der Waals surface area contributed by atoms with Crippen molar-refractivity contribution in [3.63, 3.8) is 0 Å². The van der Waals surface area contributed by atoms with Crippen molar-refractivity contribution >= 4 is 17.5 Å². The molecule has 0 aromatic heterocycles. The summed E-state index contributed by atoms with van der Waals surface area (Å²) in [6.07, 6.45) is 3.09. The Morgan fingerprint density at radius 3 is 2.67 bits per heavy atom. The lowest BCUT2D eigenvalue weighted by molar-refractivity contribution is -0.144. The van der Waals surface area contributed by atoms with Gasteiger partial charge in [0.2, 0.25) is 0 Å². The predicted octanol–water partition coefficient (Wildman–Crippen LogP) is 2.76. The van der Waals surface area contributed by atoms with Gasteiger partial charge in [0.25, 0.3) is 5.91 Å². The molecule has 5 nitrogen and oxygen atoms in total. The van der Waals surface area contributed by atoms with E-state index in [4.69, 9.17) is 21.1 Å². The van der Waals surface area contributed by atoms with E-state index in [0.29, 0.717) is 19.4 Å². The average Bonchev–Trinajstić information content (AvgIpc) is 2.54. The summed E-state index contributed by atoms with van der Waals surface area (Å²) in [6, 6.07) is 4.08. The number of amides is 1. The predicted molar refractivity (Wildman–Crippen MR) is 96.2 cm³/mol. The van der Waals surface area contributed by atoms with E-state index >= 15 is 0 Å². The van der Waals surface area contributed by atoms with Crippen LogP contribution in [0.3, 0.4) is 0 Å². The molecule has 1 amide bonds. The van der Waals surface area contributed by atoms with Gasteiger partial charge in [0, 0.05) is 36.5 Å². The van der Waals surface area contributed by atoms with E-state index < -0.39 is 12.0 Å². The van der Waals surface area contributed by atoms with Crippen LogP contribution < -0.4 is 15.4 Å². The van der Waals surface area contributed by atoms with E-state index in [9.17, 15) is 13.6 Å². The number of hydrogen-bond acceptors (Lipinski definition) is 4. The van der Waals surface area contributed by atoms with Gasteiger partial charge in [0.05, 0.1) is 17.7 Å². The zero-order chi connectivity index (χ0) is 19.1. The zero-order valence-electron chi connectivity index (χ0n) is 14.9. The molecule has 4 aliphatic carbocycles. The fraction of sp³-hybridized carbons (Fsp3) is 0.632. The van der Waals surface area contributed by atoms with E-state index in [-0.39, 0.29) is 40.5 Å². The van der Waals surface area contributed by atoms with Crippen LogP contribution in [0.25, 0.3) is 0 Å². The molecule has 5 rings (SSSR count). The van der Waals surface area contributed by atoms with Gasteiger partial charge in [0.1, 0.15) is 17.7 Å². The van der Waals surface area contributed by atoms with E-state index in [0.717, 1.165) is 31.9 Å². The number of benzene rings is 1. The summed E-state index contributed by atoms with van der Waals surface area (Å²) in [6.45, 7) is 1.17. The Morgan fingerprint density at radius 1 is 1.26 bits per heavy atom. The lowest BCUT2D eigenvalue weighted by Gasteiger charge is -2.70. The molecule has 4 saturated carbocycles. The van der Waals surface area contributed by atoms with Crippen LogP contribution in [0.5, 0.6) is 5.75 Å². The minimum Gasteiger partial charge on any atom is -0.484 e. The van der Waals surface area contributed by atoms with Gasteiger partial charge in [-0.3, -0.25) is 4.79 Å². The molecule has 0 radical (unpaired) electrons. The largest absolute Gasteiger partial charge is 0.484 e. The Labute approximate surface area is 161 Å². The molecule has 8 heteroatoms. The fourth-order valence-electron chi connectivity index (χ4n) is 4.33. The Balaban J connectivity index is 1.11. The molecule has 0 aliphatic heterocycles. The normalized spacial score (nSPS) is 33.4. The summed E-state index contributed by atoms with van der Waals surface area (Å²) in [5.41, 5.74) is -0.0476. The maximum atomic E-state index is 13.4. The first-order valence-electron chi connectivity index (χ1n) is 9.27. The van der Waals surface area contributed by atoms with Crippen LogP contribution in [-0.2, 0) is 9.53 Å². The number of ether oxygens (including phenoxy) is 2. The van der Waals surface area contributed by atoms with Crippen LogP contribution in [0, 0.1) is 5.82 Å². The third-order valence-electron chi connectivity index (χ3n) is 5.69. The molecule has 0 spiro atoms. The maximum absolute atomic E-state index is 13.4. The second-order valence-electron chi connectivity index (χ2n) is 7.99. The van der Waals surface area contributed by atoms with Crippen LogP contribution in [0.4, 0.5) is 8.78 Å². The average molecular weight is 401 g/mol. The van der Waals surface area contributed by atoms with Crippen LogP contribution in [0.2, 0.25) is 5.02 Å². The highest BCUT2D eigenvalue weighted by atomic mass is 35.5. The van der Waals surface area contributed by atoms with Crippen molar-refractivity contribution in [2.24, 2.45) is 0 Å². The van der Waals surface area contributed by atoms with Gasteiger partial charge in [-0.25, -0.2) is 8.78 Å². The number of carbonyl (C=O) groups excluding carboxylic acids is 1. The highest BCUT2D eigenvalue weighted by Gasteiger charge is 2.68. The Kier molecular flexibility index (Phi) is 5.03. The number of rotatable bonds is 9. The van der Waals surface area contributed by atoms with E-state index in [1.165, 1.54) is 12.1 Å². The monoisotopic (exact) mass is 400 g/mol. The lowest BCUT2D eigenvalue weighted by atomic mass is 9.44. The van der Waals surface area contributed by atoms with Crippen molar-refractivity contribution in [2.45, 2.75) is 55.5 Å². The molecule has 0 heterocycles. The van der Waals surface area contributed by atoms with Crippen LogP contribution >= 0.6 is 11.6 Å². The summed E-state index contributed by atoms with van der Waals surface area (Å²) >= 11 is 5.61. The van der Waals surface area contributed by atoms with Gasteiger partial charge in [-0.1, -0.05) is 11.6 Å². The summed E-state index contributed by atoms with van der Waals surface area (Å²) in [5.74, 6) is -0.520. The standard InChI is InChI=1S/C19H23ClF2N2O3/c20-15-2-1-13(7-16(15)22)27-8-17(25)24-19-9-18(10-19,11-19)23-3-4-26-14-5-12(21)6-14/h1-2,7,12,14,23H,3-6,8-11H2,(H,24,25). The first kappa shape index (κ1) is 18.9. The van der Waals surface area contributed by atoms with Crippen molar-refractivity contribution in [1.82, 2.24) is 10.6 Å². The first-order chi connectivity index (χ1) is 12.9. The van der Waals surface area contributed by atoms with Gasteiger partial charge >= 0.3 is 0 Å². The molecule has 4 aliphatic rings. The minimum absolute atomic E-state index is 0.0168. The Morgan fingerprint density at radius 2 is 2.00 bits per heavy atom. The molecule has 1 aromatic rings. The molecule has 27 heavy (non-hydrogen) atoms. The fourth-order valence-corrected chi connectivity index (χ4v) is 4.45. The molecule has 0 saturated heterocycles. The third kappa shape index (κ3) is 4.05. The van der Waals surface area contributed by atoms with Crippen LogP contribution in [-0.4, -0.2) is 49.0 Å². The Hall–Kier alpha value is -1.44. The van der Waals surface area contributed by atoms with E-state index in [1.54, 1.807) is 0 Å². The van der Waals surface area contributed by atoms with Crippen molar-refractivity contribution < 1.29 is 23.0 Å². The number of halogens is 3. The van der Waals surface area contributed by atoms with Crippen molar-refractivity contribution in [1.29, 1.82) is 0 Å². The third-order valence-corrected chi connectivity index (χ3v) is 6.00. The first-order valence-corrected chi connectivity index (χ1v) is 9.64. The van der Waals surface area contributed by atoms with Gasteiger partial charge in [0.15, 0.2) is 6.61 Å². The highest BCUT2D eigenvalue weighted by Crippen LogP contribution is 2.60. The number of nitrogens with one attached hydrogen (secondary N) is 2. The molecule has 0 unspecified atom stereocenters. The van der Waals surface area contributed by atoms with Crippen molar-refractivity contribution in [3.05, 3.63) is 29.0 Å². The second-order valence-corrected chi connectivity index (χ2v) is 8.40. The van der Waals surface area contributed by atoms with Gasteiger partial charge in [-0.2, -0.15) is 0 Å². The summed E-state index contributed by atoms with van der Waals surface area (Å²) in [4.78, 5) is 12.1. The topological polar surface area (TPSA) is 59.6 Å². The quantitative estimate of drug-likeness (QED) is 0.626.